The van der Waals surface area contributed by atoms with Gasteiger partial charge in [0.15, 0.2) is 0 Å². The molecule has 4 N–H and O–H groups in total. The van der Waals surface area contributed by atoms with Gasteiger partial charge >= 0.3 is 11.9 Å². The highest BCUT2D eigenvalue weighted by molar-refractivity contribution is 7.81. The van der Waals surface area contributed by atoms with E-state index in [1.165, 1.54) is 0 Å². The van der Waals surface area contributed by atoms with Crippen LogP contribution in [0.15, 0.2) is 0 Å². The quantitative estimate of drug-likeness (QED) is 0.241. The molecule has 0 aliphatic carbocycles. The zero-order valence-electron chi connectivity index (χ0n) is 7.94. The Labute approximate surface area is 88.6 Å². The van der Waals surface area contributed by atoms with E-state index >= 15 is 0 Å². The summed E-state index contributed by atoms with van der Waals surface area (Å²) in [5.74, 6) is -1.49. The highest BCUT2D eigenvalue weighted by Crippen LogP contribution is 2.00. The van der Waals surface area contributed by atoms with Crippen molar-refractivity contribution in [1.29, 1.82) is 0 Å². The highest BCUT2D eigenvalue weighted by atomic mass is 32.1. The van der Waals surface area contributed by atoms with Crippen molar-refractivity contribution >= 4 is 24.6 Å². The van der Waals surface area contributed by atoms with E-state index in [0.717, 1.165) is 12.8 Å². The van der Waals surface area contributed by atoms with Crippen LogP contribution in [0.5, 0.6) is 0 Å². The van der Waals surface area contributed by atoms with Crippen molar-refractivity contribution in [1.82, 2.24) is 0 Å². The summed E-state index contributed by atoms with van der Waals surface area (Å²) >= 11 is 3.66. The standard InChI is InChI=1S/C8H16N2O3S/c9-4-2-1-3-6(10)8(12)13-7(11)5-14/h6,14H,1-5,9-10H2/t6-/m0/s1. The lowest BCUT2D eigenvalue weighted by molar-refractivity contribution is -0.158. The van der Waals surface area contributed by atoms with Crippen molar-refractivity contribution in [3.63, 3.8) is 0 Å². The molecule has 14 heavy (non-hydrogen) atoms. The van der Waals surface area contributed by atoms with E-state index in [9.17, 15) is 9.59 Å². The summed E-state index contributed by atoms with van der Waals surface area (Å²) < 4.78 is 4.38. The predicted octanol–water partition coefficient (Wildman–Crippen LogP) is -0.558. The molecule has 0 radical (unpaired) electrons. The minimum absolute atomic E-state index is 0.124. The van der Waals surface area contributed by atoms with Crippen LogP contribution in [0.25, 0.3) is 0 Å². The first kappa shape index (κ1) is 13.4. The summed E-state index contributed by atoms with van der Waals surface area (Å²) in [4.78, 5) is 21.7. The van der Waals surface area contributed by atoms with E-state index < -0.39 is 18.0 Å². The normalized spacial score (nSPS) is 12.2. The van der Waals surface area contributed by atoms with Crippen LogP contribution in [0.3, 0.4) is 0 Å². The van der Waals surface area contributed by atoms with E-state index in [1.54, 1.807) is 0 Å². The lowest BCUT2D eigenvalue weighted by Crippen LogP contribution is -2.34. The zero-order chi connectivity index (χ0) is 11.0. The van der Waals surface area contributed by atoms with Crippen LogP contribution >= 0.6 is 12.6 Å². The molecule has 0 heterocycles. The lowest BCUT2D eigenvalue weighted by atomic mass is 10.1. The average molecular weight is 220 g/mol. The molecular formula is C8H16N2O3S. The number of thiol groups is 1. The first-order valence-electron chi connectivity index (χ1n) is 4.42. The Morgan fingerprint density at radius 3 is 2.50 bits per heavy atom. The summed E-state index contributed by atoms with van der Waals surface area (Å²) in [6.07, 6.45) is 2.04. The van der Waals surface area contributed by atoms with Gasteiger partial charge in [0.25, 0.3) is 0 Å². The Bertz CT molecular complexity index is 199. The number of nitrogens with two attached hydrogens (primary N) is 2. The number of ether oxygens (including phenoxy) is 1. The van der Waals surface area contributed by atoms with Gasteiger partial charge in [0, 0.05) is 0 Å². The van der Waals surface area contributed by atoms with Crippen molar-refractivity contribution < 1.29 is 14.3 Å². The lowest BCUT2D eigenvalue weighted by Gasteiger charge is -2.08. The fraction of sp³-hybridized carbons (Fsp3) is 0.750. The van der Waals surface area contributed by atoms with Gasteiger partial charge in [0.2, 0.25) is 0 Å². The molecule has 6 heteroatoms. The smallest absolute Gasteiger partial charge is 0.330 e. The number of unbranched alkanes of at least 4 members (excludes halogenated alkanes) is 1. The van der Waals surface area contributed by atoms with Crippen molar-refractivity contribution in [2.75, 3.05) is 12.3 Å². The molecule has 5 nitrogen and oxygen atoms in total. The maximum atomic E-state index is 11.1. The highest BCUT2D eigenvalue weighted by Gasteiger charge is 2.17. The Morgan fingerprint density at radius 1 is 1.36 bits per heavy atom. The second kappa shape index (κ2) is 7.78. The monoisotopic (exact) mass is 220 g/mol. The molecule has 0 aliphatic rings. The van der Waals surface area contributed by atoms with Crippen molar-refractivity contribution in [3.05, 3.63) is 0 Å². The van der Waals surface area contributed by atoms with Gasteiger partial charge in [-0.15, -0.1) is 0 Å². The van der Waals surface area contributed by atoms with Crippen LogP contribution in [-0.4, -0.2) is 30.3 Å². The predicted molar refractivity (Wildman–Crippen MR) is 55.8 cm³/mol. The van der Waals surface area contributed by atoms with E-state index in [0.29, 0.717) is 13.0 Å². The summed E-state index contributed by atoms with van der Waals surface area (Å²) in [5.41, 5.74) is 10.7. The van der Waals surface area contributed by atoms with E-state index in [1.807, 2.05) is 0 Å². The van der Waals surface area contributed by atoms with Crippen molar-refractivity contribution in [3.8, 4) is 0 Å². The molecule has 82 valence electrons. The minimum Gasteiger partial charge on any atom is -0.391 e. The van der Waals surface area contributed by atoms with Gasteiger partial charge in [-0.1, -0.05) is 6.42 Å². The number of rotatable bonds is 6. The number of esters is 2. The first-order valence-corrected chi connectivity index (χ1v) is 5.06. The molecule has 0 fully saturated rings. The van der Waals surface area contributed by atoms with Gasteiger partial charge in [-0.05, 0) is 19.4 Å². The molecule has 0 amide bonds. The van der Waals surface area contributed by atoms with Gasteiger partial charge in [0.1, 0.15) is 6.04 Å². The maximum Gasteiger partial charge on any atom is 0.330 e. The van der Waals surface area contributed by atoms with E-state index in [4.69, 9.17) is 11.5 Å². The second-order valence-corrected chi connectivity index (χ2v) is 3.16. The molecule has 0 bridgehead atoms. The minimum atomic E-state index is -0.745. The third-order valence-electron chi connectivity index (χ3n) is 1.62. The molecule has 0 rings (SSSR count). The second-order valence-electron chi connectivity index (χ2n) is 2.84. The number of carbonyl (C=O) groups excluding carboxylic acids is 2. The summed E-state index contributed by atoms with van der Waals surface area (Å²) in [5, 5.41) is 0. The summed E-state index contributed by atoms with van der Waals surface area (Å²) in [7, 11) is 0. The van der Waals surface area contributed by atoms with Gasteiger partial charge in [0.05, 0.1) is 5.75 Å². The van der Waals surface area contributed by atoms with Crippen molar-refractivity contribution in [2.45, 2.75) is 25.3 Å². The number of hydrogen-bond acceptors (Lipinski definition) is 6. The maximum absolute atomic E-state index is 11.1. The summed E-state index contributed by atoms with van der Waals surface area (Å²) in [6, 6.07) is -0.745. The zero-order valence-corrected chi connectivity index (χ0v) is 8.83. The van der Waals surface area contributed by atoms with Crippen LogP contribution in [-0.2, 0) is 14.3 Å². The van der Waals surface area contributed by atoms with Crippen LogP contribution in [0.4, 0.5) is 0 Å². The molecule has 0 saturated heterocycles. The van der Waals surface area contributed by atoms with Gasteiger partial charge in [-0.25, -0.2) is 4.79 Å². The van der Waals surface area contributed by atoms with Crippen molar-refractivity contribution in [2.24, 2.45) is 11.5 Å². The molecule has 0 unspecified atom stereocenters. The van der Waals surface area contributed by atoms with Crippen LogP contribution < -0.4 is 11.5 Å². The molecular weight excluding hydrogens is 204 g/mol. The molecule has 0 spiro atoms. The Morgan fingerprint density at radius 2 is 2.00 bits per heavy atom. The molecule has 0 aromatic carbocycles. The molecule has 0 aliphatic heterocycles. The van der Waals surface area contributed by atoms with E-state index in [2.05, 4.69) is 17.4 Å². The topological polar surface area (TPSA) is 95.4 Å². The SMILES string of the molecule is NCCCC[C@H](N)C(=O)OC(=O)CS. The molecule has 0 saturated carbocycles. The Balaban J connectivity index is 3.70. The molecule has 0 aromatic rings. The van der Waals surface area contributed by atoms with Gasteiger partial charge < -0.3 is 16.2 Å². The van der Waals surface area contributed by atoms with E-state index in [-0.39, 0.29) is 5.75 Å². The van der Waals surface area contributed by atoms with Crippen LogP contribution in [0.1, 0.15) is 19.3 Å². The first-order chi connectivity index (χ1) is 6.61. The summed E-state index contributed by atoms with van der Waals surface area (Å²) in [6.45, 7) is 0.567. The van der Waals surface area contributed by atoms with Gasteiger partial charge in [-0.3, -0.25) is 4.79 Å². The Kier molecular flexibility index (Phi) is 7.45. The fourth-order valence-corrected chi connectivity index (χ4v) is 0.911. The number of hydrogen-bond donors (Lipinski definition) is 3. The fourth-order valence-electron chi connectivity index (χ4n) is 0.847. The third kappa shape index (κ3) is 5.95. The number of carbonyl (C=O) groups is 2. The third-order valence-corrected chi connectivity index (χ3v) is 1.87. The average Bonchev–Trinajstić information content (AvgIpc) is 2.17. The van der Waals surface area contributed by atoms with Gasteiger partial charge in [-0.2, -0.15) is 12.6 Å². The molecule has 1 atom stereocenters. The van der Waals surface area contributed by atoms with Crippen LogP contribution in [0.2, 0.25) is 0 Å². The molecule has 0 aromatic heterocycles. The Hall–Kier alpha value is -0.590. The van der Waals surface area contributed by atoms with Crippen LogP contribution in [0, 0.1) is 0 Å². The largest absolute Gasteiger partial charge is 0.391 e.